The summed E-state index contributed by atoms with van der Waals surface area (Å²) in [6.07, 6.45) is 2.10. The van der Waals surface area contributed by atoms with Crippen molar-refractivity contribution in [3.63, 3.8) is 0 Å². The average molecular weight is 490 g/mol. The fraction of sp³-hybridized carbons (Fsp3) is 0.375. The van der Waals surface area contributed by atoms with E-state index in [0.29, 0.717) is 48.6 Å². The van der Waals surface area contributed by atoms with Gasteiger partial charge in [-0.1, -0.05) is 17.7 Å². The van der Waals surface area contributed by atoms with Gasteiger partial charge in [0.2, 0.25) is 5.91 Å². The maximum Gasteiger partial charge on any atom is 0.258 e. The van der Waals surface area contributed by atoms with E-state index in [9.17, 15) is 23.6 Å². The van der Waals surface area contributed by atoms with Crippen molar-refractivity contribution >= 4 is 23.4 Å². The first-order chi connectivity index (χ1) is 16.3. The molecule has 5 rings (SSSR count). The van der Waals surface area contributed by atoms with Crippen LogP contribution in [0.25, 0.3) is 0 Å². The van der Waals surface area contributed by atoms with Crippen LogP contribution < -0.4 is 20.1 Å². The van der Waals surface area contributed by atoms with E-state index in [1.807, 2.05) is 0 Å². The predicted molar refractivity (Wildman–Crippen MR) is 119 cm³/mol. The Balaban J connectivity index is 1.69. The van der Waals surface area contributed by atoms with Gasteiger partial charge < -0.3 is 20.1 Å². The highest BCUT2D eigenvalue weighted by Crippen LogP contribution is 2.34. The van der Waals surface area contributed by atoms with Gasteiger partial charge in [-0.15, -0.1) is 0 Å². The number of hydrogen-bond donors (Lipinski definition) is 2. The Kier molecular flexibility index (Phi) is 6.89. The molecule has 34 heavy (non-hydrogen) atoms. The highest BCUT2D eigenvalue weighted by atomic mass is 35.5. The number of carbonyl (C=O) groups is 2. The highest BCUT2D eigenvalue weighted by Gasteiger charge is 2.45. The Morgan fingerprint density at radius 1 is 1.15 bits per heavy atom. The number of rotatable bonds is 2. The third kappa shape index (κ3) is 5.23. The molecule has 1 saturated carbocycles. The standard InChI is InChI=1S/C24H22ClF2N3O4/c25-15-11-14-3-5-18(15)33-9-1-2-10-34-19-6-4-16(26)21(27)20(19)23(32)29-17(12-14)22(31)30-24(13-28)7-8-24/h3-6,11,17H,1-2,7-10,12H2,(H,29,32)(H,30,31)/t17-/m0/s1. The monoisotopic (exact) mass is 489 g/mol. The zero-order valence-electron chi connectivity index (χ0n) is 18.1. The molecule has 1 aliphatic carbocycles. The Labute approximate surface area is 200 Å². The molecule has 2 aromatic carbocycles. The van der Waals surface area contributed by atoms with Crippen molar-refractivity contribution in [2.75, 3.05) is 13.2 Å². The first kappa shape index (κ1) is 23.8. The molecule has 7 nitrogen and oxygen atoms in total. The van der Waals surface area contributed by atoms with Gasteiger partial charge in [0.15, 0.2) is 11.6 Å². The molecule has 0 saturated heterocycles. The molecule has 1 atom stereocenters. The van der Waals surface area contributed by atoms with Crippen LogP contribution in [0.15, 0.2) is 30.3 Å². The van der Waals surface area contributed by atoms with Gasteiger partial charge in [0, 0.05) is 6.42 Å². The minimum Gasteiger partial charge on any atom is -0.493 e. The van der Waals surface area contributed by atoms with Crippen molar-refractivity contribution in [2.45, 2.75) is 43.7 Å². The molecule has 2 amide bonds. The van der Waals surface area contributed by atoms with Gasteiger partial charge in [0.25, 0.3) is 5.91 Å². The first-order valence-electron chi connectivity index (χ1n) is 10.9. The summed E-state index contributed by atoms with van der Waals surface area (Å²) < 4.78 is 39.9. The van der Waals surface area contributed by atoms with Crippen LogP contribution in [0.1, 0.15) is 41.6 Å². The molecule has 2 heterocycles. The van der Waals surface area contributed by atoms with Crippen LogP contribution in [0.3, 0.4) is 0 Å². The summed E-state index contributed by atoms with van der Waals surface area (Å²) in [6, 6.07) is 7.90. The average Bonchev–Trinajstić information content (AvgIpc) is 3.58. The Bertz CT molecular complexity index is 1160. The maximum absolute atomic E-state index is 14.7. The fourth-order valence-corrected chi connectivity index (χ4v) is 3.87. The van der Waals surface area contributed by atoms with E-state index >= 15 is 0 Å². The molecule has 0 radical (unpaired) electrons. The van der Waals surface area contributed by atoms with Crippen LogP contribution in [0.4, 0.5) is 8.78 Å². The summed E-state index contributed by atoms with van der Waals surface area (Å²) >= 11 is 6.32. The number of nitrogens with zero attached hydrogens (tertiary/aromatic N) is 1. The summed E-state index contributed by atoms with van der Waals surface area (Å²) in [7, 11) is 0. The Morgan fingerprint density at radius 3 is 2.47 bits per heavy atom. The van der Waals surface area contributed by atoms with Gasteiger partial charge in [-0.25, -0.2) is 8.78 Å². The van der Waals surface area contributed by atoms with Crippen molar-refractivity contribution in [3.05, 3.63) is 58.1 Å². The van der Waals surface area contributed by atoms with Crippen LogP contribution in [0.5, 0.6) is 11.5 Å². The van der Waals surface area contributed by atoms with E-state index in [2.05, 4.69) is 16.7 Å². The van der Waals surface area contributed by atoms with Crippen LogP contribution in [-0.2, 0) is 11.2 Å². The molecule has 1 fully saturated rings. The summed E-state index contributed by atoms with van der Waals surface area (Å²) in [5.74, 6) is -3.87. The van der Waals surface area contributed by atoms with Crippen molar-refractivity contribution in [3.8, 4) is 17.6 Å². The van der Waals surface area contributed by atoms with Gasteiger partial charge in [-0.3, -0.25) is 9.59 Å². The number of carbonyl (C=O) groups excluding carboxylic acids is 2. The lowest BCUT2D eigenvalue weighted by molar-refractivity contribution is -0.123. The summed E-state index contributed by atoms with van der Waals surface area (Å²) in [5, 5.41) is 14.8. The lowest BCUT2D eigenvalue weighted by atomic mass is 10.0. The summed E-state index contributed by atoms with van der Waals surface area (Å²) in [6.45, 7) is 0.491. The van der Waals surface area contributed by atoms with E-state index < -0.39 is 40.6 Å². The van der Waals surface area contributed by atoms with Crippen LogP contribution in [0, 0.1) is 23.0 Å². The lowest BCUT2D eigenvalue weighted by Gasteiger charge is -2.22. The first-order valence-corrected chi connectivity index (χ1v) is 11.3. The third-order valence-electron chi connectivity index (χ3n) is 5.72. The predicted octanol–water partition coefficient (Wildman–Crippen LogP) is 3.68. The molecule has 2 bridgehead atoms. The smallest absolute Gasteiger partial charge is 0.258 e. The number of halogens is 3. The van der Waals surface area contributed by atoms with Gasteiger partial charge in [0.05, 0.1) is 24.3 Å². The van der Waals surface area contributed by atoms with Gasteiger partial charge in [-0.2, -0.15) is 5.26 Å². The largest absolute Gasteiger partial charge is 0.493 e. The zero-order chi connectivity index (χ0) is 24.3. The molecule has 2 N–H and O–H groups in total. The molecule has 0 unspecified atom stereocenters. The molecule has 178 valence electrons. The molecule has 10 heteroatoms. The number of ether oxygens (including phenoxy) is 2. The Hall–Kier alpha value is -3.38. The van der Waals surface area contributed by atoms with E-state index in [0.717, 1.165) is 6.07 Å². The topological polar surface area (TPSA) is 100 Å². The van der Waals surface area contributed by atoms with Gasteiger partial charge >= 0.3 is 0 Å². The van der Waals surface area contributed by atoms with E-state index in [-0.39, 0.29) is 18.8 Å². The maximum atomic E-state index is 14.7. The number of hydrogen-bond acceptors (Lipinski definition) is 5. The minimum atomic E-state index is -1.37. The van der Waals surface area contributed by atoms with Crippen molar-refractivity contribution in [2.24, 2.45) is 0 Å². The number of amides is 2. The minimum absolute atomic E-state index is 0.00773. The normalized spacial score (nSPS) is 19.6. The van der Waals surface area contributed by atoms with Crippen molar-refractivity contribution < 1.29 is 27.8 Å². The molecule has 0 spiro atoms. The highest BCUT2D eigenvalue weighted by molar-refractivity contribution is 6.32. The fourth-order valence-electron chi connectivity index (χ4n) is 3.61. The molecule has 2 aromatic rings. The SMILES string of the molecule is N#CC1(NC(=O)[C@@H]2Cc3ccc(c(Cl)c3)OCCCCOc3ccc(F)c(F)c3C(=O)N2)CC1. The summed E-state index contributed by atoms with van der Waals surface area (Å²) in [4.78, 5) is 26.1. The van der Waals surface area contributed by atoms with E-state index in [4.69, 9.17) is 21.1 Å². The second-order valence-corrected chi connectivity index (χ2v) is 8.72. The second kappa shape index (κ2) is 9.85. The van der Waals surface area contributed by atoms with Gasteiger partial charge in [0.1, 0.15) is 28.6 Å². The van der Waals surface area contributed by atoms with Gasteiger partial charge in [-0.05, 0) is 55.5 Å². The number of benzene rings is 2. The second-order valence-electron chi connectivity index (χ2n) is 8.32. The third-order valence-corrected chi connectivity index (χ3v) is 6.02. The zero-order valence-corrected chi connectivity index (χ0v) is 18.9. The number of nitrogens with one attached hydrogen (secondary N) is 2. The molecule has 2 aliphatic heterocycles. The van der Waals surface area contributed by atoms with Crippen LogP contribution >= 0.6 is 11.6 Å². The van der Waals surface area contributed by atoms with Crippen LogP contribution in [0.2, 0.25) is 5.02 Å². The van der Waals surface area contributed by atoms with E-state index in [1.54, 1.807) is 18.2 Å². The van der Waals surface area contributed by atoms with Crippen molar-refractivity contribution in [1.29, 1.82) is 5.26 Å². The quantitative estimate of drug-likeness (QED) is 0.670. The number of fused-ring (bicyclic) bond motifs is 10. The molecular weight excluding hydrogens is 468 g/mol. The Morgan fingerprint density at radius 2 is 1.82 bits per heavy atom. The van der Waals surface area contributed by atoms with E-state index in [1.165, 1.54) is 6.07 Å². The van der Waals surface area contributed by atoms with Crippen molar-refractivity contribution in [1.82, 2.24) is 10.6 Å². The lowest BCUT2D eigenvalue weighted by Crippen LogP contribution is -2.51. The summed E-state index contributed by atoms with van der Waals surface area (Å²) in [5.41, 5.74) is -1.01. The molecular formula is C24H22ClF2N3O4. The molecule has 3 aliphatic rings. The van der Waals surface area contributed by atoms with Crippen LogP contribution in [-0.4, -0.2) is 36.6 Å². The molecule has 0 aromatic heterocycles. The number of nitriles is 1.